The van der Waals surface area contributed by atoms with Crippen LogP contribution in [0.25, 0.3) is 10.9 Å². The molecule has 0 aromatic carbocycles. The van der Waals surface area contributed by atoms with E-state index in [0.717, 1.165) is 11.1 Å². The van der Waals surface area contributed by atoms with E-state index in [1.165, 1.54) is 0 Å². The van der Waals surface area contributed by atoms with Gasteiger partial charge in [-0.1, -0.05) is 6.07 Å². The molecule has 3 heteroatoms. The first kappa shape index (κ1) is 9.90. The van der Waals surface area contributed by atoms with Crippen molar-refractivity contribution in [3.05, 3.63) is 40.4 Å². The van der Waals surface area contributed by atoms with Gasteiger partial charge in [-0.2, -0.15) is 0 Å². The molecule has 0 amide bonds. The second-order valence-corrected chi connectivity index (χ2v) is 4.01. The number of hydrogen-bond donors (Lipinski definition) is 0. The minimum absolute atomic E-state index is 0.00815. The minimum atomic E-state index is -0.00815. The van der Waals surface area contributed by atoms with Gasteiger partial charge in [-0.05, 0) is 32.9 Å². The zero-order valence-electron chi connectivity index (χ0n) is 9.19. The fourth-order valence-corrected chi connectivity index (χ4v) is 1.63. The summed E-state index contributed by atoms with van der Waals surface area (Å²) in [5, 5.41) is 0.905. The number of rotatable bonds is 1. The highest BCUT2D eigenvalue weighted by atomic mass is 16.1. The molecule has 2 aromatic heterocycles. The Balaban J connectivity index is 2.83. The van der Waals surface area contributed by atoms with E-state index in [9.17, 15) is 4.79 Å². The van der Waals surface area contributed by atoms with Crippen LogP contribution in [0.2, 0.25) is 0 Å². The molecular weight excluding hydrogens is 188 g/mol. The molecule has 0 bridgehead atoms. The third-order valence-corrected chi connectivity index (χ3v) is 2.47. The largest absolute Gasteiger partial charge is 0.311 e. The first-order chi connectivity index (χ1) is 7.09. The predicted octanol–water partition coefficient (Wildman–Crippen LogP) is 2.29. The maximum atomic E-state index is 12.0. The van der Waals surface area contributed by atoms with E-state index in [0.29, 0.717) is 5.52 Å². The lowest BCUT2D eigenvalue weighted by Gasteiger charge is -2.10. The number of fused-ring (bicyclic) bond motifs is 1. The molecule has 0 radical (unpaired) electrons. The third kappa shape index (κ3) is 1.65. The summed E-state index contributed by atoms with van der Waals surface area (Å²) in [6.45, 7) is 5.87. The number of pyridine rings is 2. The Kier molecular flexibility index (Phi) is 2.31. The lowest BCUT2D eigenvalue weighted by molar-refractivity contribution is 0.582. The van der Waals surface area contributed by atoms with Crippen molar-refractivity contribution in [3.63, 3.8) is 0 Å². The van der Waals surface area contributed by atoms with Crippen molar-refractivity contribution >= 4 is 10.9 Å². The molecule has 0 atom stereocenters. The Morgan fingerprint density at radius 3 is 2.67 bits per heavy atom. The van der Waals surface area contributed by atoms with Crippen LogP contribution in [0, 0.1) is 6.92 Å². The highest BCUT2D eigenvalue weighted by Crippen LogP contribution is 2.09. The molecule has 2 aromatic rings. The predicted molar refractivity (Wildman–Crippen MR) is 61.1 cm³/mol. The van der Waals surface area contributed by atoms with Crippen LogP contribution >= 0.6 is 0 Å². The fraction of sp³-hybridized carbons (Fsp3) is 0.333. The van der Waals surface area contributed by atoms with Gasteiger partial charge >= 0.3 is 0 Å². The SMILES string of the molecule is Cc1ccc2ccn(C(C)C)c(=O)c2n1. The van der Waals surface area contributed by atoms with Crippen molar-refractivity contribution in [2.45, 2.75) is 26.8 Å². The molecule has 3 nitrogen and oxygen atoms in total. The summed E-state index contributed by atoms with van der Waals surface area (Å²) in [4.78, 5) is 16.3. The van der Waals surface area contributed by atoms with E-state index in [1.54, 1.807) is 4.57 Å². The number of aromatic nitrogens is 2. The van der Waals surface area contributed by atoms with Crippen LogP contribution in [0.15, 0.2) is 29.2 Å². The van der Waals surface area contributed by atoms with E-state index in [2.05, 4.69) is 4.98 Å². The number of hydrogen-bond acceptors (Lipinski definition) is 2. The van der Waals surface area contributed by atoms with E-state index in [-0.39, 0.29) is 11.6 Å². The monoisotopic (exact) mass is 202 g/mol. The van der Waals surface area contributed by atoms with Gasteiger partial charge in [-0.3, -0.25) is 4.79 Å². The lowest BCUT2D eigenvalue weighted by atomic mass is 10.2. The van der Waals surface area contributed by atoms with Gasteiger partial charge in [0.25, 0.3) is 5.56 Å². The van der Waals surface area contributed by atoms with Gasteiger partial charge in [-0.25, -0.2) is 4.98 Å². The molecule has 78 valence electrons. The maximum Gasteiger partial charge on any atom is 0.277 e. The summed E-state index contributed by atoms with van der Waals surface area (Å²) in [5.41, 5.74) is 1.43. The Bertz CT molecular complexity index is 555. The average Bonchev–Trinajstić information content (AvgIpc) is 2.19. The van der Waals surface area contributed by atoms with Gasteiger partial charge in [0.05, 0.1) is 0 Å². The second kappa shape index (κ2) is 3.50. The average molecular weight is 202 g/mol. The Hall–Kier alpha value is -1.64. The van der Waals surface area contributed by atoms with Crippen molar-refractivity contribution in [1.82, 2.24) is 9.55 Å². The van der Waals surface area contributed by atoms with Crippen LogP contribution in [0.3, 0.4) is 0 Å². The van der Waals surface area contributed by atoms with Crippen LogP contribution in [0.1, 0.15) is 25.6 Å². The van der Waals surface area contributed by atoms with Crippen LogP contribution in [0.4, 0.5) is 0 Å². The molecule has 0 spiro atoms. The van der Waals surface area contributed by atoms with Crippen molar-refractivity contribution in [2.75, 3.05) is 0 Å². The highest BCUT2D eigenvalue weighted by molar-refractivity contribution is 5.77. The van der Waals surface area contributed by atoms with Gasteiger partial charge < -0.3 is 4.57 Å². The highest BCUT2D eigenvalue weighted by Gasteiger charge is 2.06. The molecule has 0 N–H and O–H groups in total. The summed E-state index contributed by atoms with van der Waals surface area (Å²) < 4.78 is 1.70. The summed E-state index contributed by atoms with van der Waals surface area (Å²) in [5.74, 6) is 0. The number of nitrogens with zero attached hydrogens (tertiary/aromatic N) is 2. The van der Waals surface area contributed by atoms with Crippen molar-refractivity contribution in [3.8, 4) is 0 Å². The second-order valence-electron chi connectivity index (χ2n) is 4.01. The Morgan fingerprint density at radius 2 is 2.00 bits per heavy atom. The molecule has 15 heavy (non-hydrogen) atoms. The molecule has 2 rings (SSSR count). The van der Waals surface area contributed by atoms with Crippen LogP contribution in [-0.4, -0.2) is 9.55 Å². The molecule has 0 aliphatic carbocycles. The molecule has 0 unspecified atom stereocenters. The zero-order valence-corrected chi connectivity index (χ0v) is 9.19. The molecule has 0 aliphatic rings. The Labute approximate surface area is 88.4 Å². The minimum Gasteiger partial charge on any atom is -0.311 e. The molecule has 0 fully saturated rings. The van der Waals surface area contributed by atoms with Gasteiger partial charge in [0.1, 0.15) is 5.52 Å². The van der Waals surface area contributed by atoms with Gasteiger partial charge in [0, 0.05) is 23.3 Å². The van der Waals surface area contributed by atoms with Crippen molar-refractivity contribution in [1.29, 1.82) is 0 Å². The molecule has 0 saturated heterocycles. The zero-order chi connectivity index (χ0) is 11.0. The van der Waals surface area contributed by atoms with Gasteiger partial charge in [0.2, 0.25) is 0 Å². The molecule has 0 saturated carbocycles. The van der Waals surface area contributed by atoms with Gasteiger partial charge in [0.15, 0.2) is 0 Å². The quantitative estimate of drug-likeness (QED) is 0.711. The van der Waals surface area contributed by atoms with Crippen molar-refractivity contribution in [2.24, 2.45) is 0 Å². The summed E-state index contributed by atoms with van der Waals surface area (Å²) in [6, 6.07) is 5.96. The van der Waals surface area contributed by atoms with Crippen LogP contribution in [-0.2, 0) is 0 Å². The van der Waals surface area contributed by atoms with Gasteiger partial charge in [-0.15, -0.1) is 0 Å². The van der Waals surface area contributed by atoms with Crippen LogP contribution in [0.5, 0.6) is 0 Å². The lowest BCUT2D eigenvalue weighted by Crippen LogP contribution is -2.21. The van der Waals surface area contributed by atoms with E-state index in [1.807, 2.05) is 45.2 Å². The number of aryl methyl sites for hydroxylation is 1. The topological polar surface area (TPSA) is 34.9 Å². The smallest absolute Gasteiger partial charge is 0.277 e. The molecule has 0 aliphatic heterocycles. The standard InChI is InChI=1S/C12H14N2O/c1-8(2)14-7-6-10-5-4-9(3)13-11(10)12(14)15/h4-8H,1-3H3. The summed E-state index contributed by atoms with van der Waals surface area (Å²) >= 11 is 0. The maximum absolute atomic E-state index is 12.0. The molecular formula is C12H14N2O. The molecule has 2 heterocycles. The van der Waals surface area contributed by atoms with Crippen LogP contribution < -0.4 is 5.56 Å². The van der Waals surface area contributed by atoms with E-state index >= 15 is 0 Å². The first-order valence-corrected chi connectivity index (χ1v) is 5.08. The fourth-order valence-electron chi connectivity index (χ4n) is 1.63. The summed E-state index contributed by atoms with van der Waals surface area (Å²) in [7, 11) is 0. The third-order valence-electron chi connectivity index (χ3n) is 2.47. The first-order valence-electron chi connectivity index (χ1n) is 5.08. The van der Waals surface area contributed by atoms with E-state index in [4.69, 9.17) is 0 Å². The van der Waals surface area contributed by atoms with E-state index < -0.39 is 0 Å². The van der Waals surface area contributed by atoms with Crippen molar-refractivity contribution < 1.29 is 0 Å². The Morgan fingerprint density at radius 1 is 1.27 bits per heavy atom. The normalized spacial score (nSPS) is 11.2. The summed E-state index contributed by atoms with van der Waals surface area (Å²) in [6.07, 6.45) is 1.83.